The van der Waals surface area contributed by atoms with E-state index in [4.69, 9.17) is 11.5 Å². The number of Topliss-reactive ketones (excluding diaryl/α,β-unsaturated/α-hetero) is 2. The Bertz CT molecular complexity index is 2310. The van der Waals surface area contributed by atoms with Crippen LogP contribution in [0.3, 0.4) is 0 Å². The number of nitrogens with one attached hydrogen (secondary N) is 4. The third kappa shape index (κ3) is 15.4. The van der Waals surface area contributed by atoms with Crippen molar-refractivity contribution in [1.82, 2.24) is 40.3 Å². The zero-order chi connectivity index (χ0) is 47.4. The summed E-state index contributed by atoms with van der Waals surface area (Å²) >= 11 is 4.20. The van der Waals surface area contributed by atoms with Crippen LogP contribution in [0.1, 0.15) is 74.3 Å². The maximum Gasteiger partial charge on any atom is 0.312 e. The number of ketones is 2. The van der Waals surface area contributed by atoms with E-state index in [1.165, 1.54) is 26.6 Å². The first-order valence-electron chi connectivity index (χ1n) is 22.7. The molecule has 0 radical (unpaired) electrons. The minimum Gasteiger partial charge on any atom is -0.361 e. The summed E-state index contributed by atoms with van der Waals surface area (Å²) in [5, 5.41) is 6.21. The molecule has 0 bridgehead atoms. The summed E-state index contributed by atoms with van der Waals surface area (Å²) in [6.07, 6.45) is 10.5. The van der Waals surface area contributed by atoms with Crippen molar-refractivity contribution in [2.24, 2.45) is 17.4 Å². The summed E-state index contributed by atoms with van der Waals surface area (Å²) in [4.78, 5) is 108. The minimum atomic E-state index is -0.978. The number of aromatic amines is 2. The fraction of sp³-hybridized carbons (Fsp3) is 0.458. The van der Waals surface area contributed by atoms with Crippen molar-refractivity contribution < 1.29 is 33.6 Å². The predicted molar refractivity (Wildman–Crippen MR) is 256 cm³/mol. The molecule has 0 saturated carbocycles. The molecule has 1 aliphatic rings. The van der Waals surface area contributed by atoms with Crippen LogP contribution < -0.4 is 22.1 Å². The molecule has 2 heterocycles. The molecule has 17 nitrogen and oxygen atoms in total. The van der Waals surface area contributed by atoms with Crippen molar-refractivity contribution in [3.8, 4) is 0 Å². The van der Waals surface area contributed by atoms with Gasteiger partial charge in [-0.15, -0.1) is 0 Å². The molecule has 2 atom stereocenters. The average Bonchev–Trinajstić information content (AvgIpc) is 4.08. The maximum absolute atomic E-state index is 14.1. The van der Waals surface area contributed by atoms with Gasteiger partial charge in [-0.1, -0.05) is 55.5 Å². The standard InChI is InChI=1S/C48H64N10O7S/c1-2-20-56(29-38(59)11-8-23-66)45(62)31-57(21-17-34-16-15-33-9-3-4-12-40(33)34)44(61)28-54-46(63)35(10-7-19-52-48(50)65)24-39(60)30-58(47(64)42(49)25-37-27-51-32-55-37)22-18-36-26-53-43-14-6-5-13-41(36)43/h3-6,9,12-14,16,26-27,32,35,42,53,66H,2,7-8,10-11,15,17-25,28-31,49H2,1H3,(H,51,55)(H,54,63)(H3,50,52,65)/t35?,42-/m0/s1. The lowest BCUT2D eigenvalue weighted by molar-refractivity contribution is -0.142. The zero-order valence-electron chi connectivity index (χ0n) is 37.8. The number of urea groups is 1. The summed E-state index contributed by atoms with van der Waals surface area (Å²) in [5.41, 5.74) is 17.5. The van der Waals surface area contributed by atoms with Crippen molar-refractivity contribution >= 4 is 70.3 Å². The van der Waals surface area contributed by atoms with Crippen LogP contribution in [0.5, 0.6) is 0 Å². The van der Waals surface area contributed by atoms with Crippen LogP contribution in [0.2, 0.25) is 0 Å². The van der Waals surface area contributed by atoms with Gasteiger partial charge in [-0.25, -0.2) is 9.78 Å². The lowest BCUT2D eigenvalue weighted by Gasteiger charge is -2.28. The van der Waals surface area contributed by atoms with Crippen LogP contribution in [-0.2, 0) is 48.0 Å². The van der Waals surface area contributed by atoms with Gasteiger partial charge in [0.25, 0.3) is 0 Å². The highest BCUT2D eigenvalue weighted by molar-refractivity contribution is 7.80. The lowest BCUT2D eigenvalue weighted by Crippen LogP contribution is -2.49. The van der Waals surface area contributed by atoms with E-state index in [0.29, 0.717) is 50.1 Å². The number of primary amides is 1. The summed E-state index contributed by atoms with van der Waals surface area (Å²) < 4.78 is 0. The molecule has 2 aromatic carbocycles. The van der Waals surface area contributed by atoms with E-state index in [1.807, 2.05) is 55.6 Å². The van der Waals surface area contributed by atoms with E-state index in [-0.39, 0.29) is 76.6 Å². The number of carbonyl (C=O) groups is 7. The average molecular weight is 925 g/mol. The Hall–Kier alpha value is -6.27. The van der Waals surface area contributed by atoms with Crippen molar-refractivity contribution in [3.63, 3.8) is 0 Å². The van der Waals surface area contributed by atoms with Gasteiger partial charge in [0.1, 0.15) is 0 Å². The van der Waals surface area contributed by atoms with Gasteiger partial charge in [-0.05, 0) is 79.0 Å². The van der Waals surface area contributed by atoms with Gasteiger partial charge in [0.2, 0.25) is 23.6 Å². The summed E-state index contributed by atoms with van der Waals surface area (Å²) in [7, 11) is 0. The monoisotopic (exact) mass is 924 g/mol. The largest absolute Gasteiger partial charge is 0.361 e. The minimum absolute atomic E-state index is 0.0691. The topological polar surface area (TPSA) is 250 Å². The Morgan fingerprint density at radius 2 is 1.59 bits per heavy atom. The molecule has 66 heavy (non-hydrogen) atoms. The Balaban J connectivity index is 1.29. The normalized spacial score (nSPS) is 12.7. The number of H-pyrrole nitrogens is 2. The van der Waals surface area contributed by atoms with Gasteiger partial charge >= 0.3 is 6.03 Å². The fourth-order valence-electron chi connectivity index (χ4n) is 8.21. The molecule has 0 saturated heterocycles. The van der Waals surface area contributed by atoms with Gasteiger partial charge in [-0.2, -0.15) is 12.6 Å². The van der Waals surface area contributed by atoms with E-state index >= 15 is 0 Å². The van der Waals surface area contributed by atoms with Crippen LogP contribution in [0, 0.1) is 5.92 Å². The highest BCUT2D eigenvalue weighted by atomic mass is 32.1. The second kappa shape index (κ2) is 26.0. The SMILES string of the molecule is CCCN(CC(=O)CCCS)C(=O)CN(CCC1=CCc2ccccc21)C(=O)CNC(=O)C(CCCNC(N)=O)CC(=O)CN(CCc1c[nH]c2ccccc12)C(=O)[C@@H](N)Cc1cnc[nH]1. The van der Waals surface area contributed by atoms with Gasteiger partial charge in [0.15, 0.2) is 11.6 Å². The van der Waals surface area contributed by atoms with E-state index in [2.05, 4.69) is 50.4 Å². The second-order valence-corrected chi connectivity index (χ2v) is 17.1. The first-order chi connectivity index (χ1) is 31.9. The number of allylic oxidation sites excluding steroid dienone is 1. The molecular weight excluding hydrogens is 861 g/mol. The molecule has 5 rings (SSSR count). The van der Waals surface area contributed by atoms with Crippen LogP contribution in [0.15, 0.2) is 73.3 Å². The summed E-state index contributed by atoms with van der Waals surface area (Å²) in [6, 6.07) is 14.1. The molecule has 18 heteroatoms. The molecule has 4 aromatic rings. The van der Waals surface area contributed by atoms with Crippen LogP contribution in [0.4, 0.5) is 4.79 Å². The number of aromatic nitrogens is 3. The quantitative estimate of drug-likeness (QED) is 0.0311. The van der Waals surface area contributed by atoms with E-state index in [1.54, 1.807) is 6.20 Å². The van der Waals surface area contributed by atoms with Crippen LogP contribution >= 0.6 is 12.6 Å². The first kappa shape index (κ1) is 50.7. The number of rotatable bonds is 29. The van der Waals surface area contributed by atoms with Gasteiger partial charge in [0, 0.05) is 80.3 Å². The van der Waals surface area contributed by atoms with Crippen molar-refractivity contribution in [1.29, 1.82) is 0 Å². The van der Waals surface area contributed by atoms with E-state index in [9.17, 15) is 33.6 Å². The number of carbonyl (C=O) groups excluding carboxylic acids is 7. The number of para-hydroxylation sites is 1. The first-order valence-corrected chi connectivity index (χ1v) is 23.3. The van der Waals surface area contributed by atoms with Crippen LogP contribution in [-0.4, -0.2) is 135 Å². The third-order valence-electron chi connectivity index (χ3n) is 11.7. The summed E-state index contributed by atoms with van der Waals surface area (Å²) in [6.45, 7) is 1.60. The smallest absolute Gasteiger partial charge is 0.312 e. The van der Waals surface area contributed by atoms with Gasteiger partial charge < -0.3 is 46.8 Å². The Labute approximate surface area is 391 Å². The van der Waals surface area contributed by atoms with Crippen molar-refractivity contribution in [2.75, 3.05) is 58.1 Å². The molecule has 1 unspecified atom stereocenters. The van der Waals surface area contributed by atoms with Crippen molar-refractivity contribution in [2.45, 2.75) is 77.2 Å². The molecular formula is C48H64N10O7S. The predicted octanol–water partition coefficient (Wildman–Crippen LogP) is 3.35. The van der Waals surface area contributed by atoms with Crippen LogP contribution in [0.25, 0.3) is 16.5 Å². The molecule has 0 fully saturated rings. The molecule has 0 aliphatic heterocycles. The van der Waals surface area contributed by atoms with Gasteiger partial charge in [0.05, 0.1) is 38.5 Å². The molecule has 1 aliphatic carbocycles. The molecule has 0 spiro atoms. The number of fused-ring (bicyclic) bond motifs is 2. The zero-order valence-corrected chi connectivity index (χ0v) is 38.7. The maximum atomic E-state index is 14.1. The highest BCUT2D eigenvalue weighted by Crippen LogP contribution is 2.29. The van der Waals surface area contributed by atoms with E-state index in [0.717, 1.165) is 34.0 Å². The molecule has 8 N–H and O–H groups in total. The number of hydrogen-bond donors (Lipinski definition) is 7. The summed E-state index contributed by atoms with van der Waals surface area (Å²) in [5.74, 6) is -2.80. The Morgan fingerprint density at radius 3 is 2.35 bits per heavy atom. The fourth-order valence-corrected chi connectivity index (χ4v) is 8.36. The number of thiol groups is 1. The number of amides is 6. The number of hydrogen-bond acceptors (Lipinski definition) is 10. The number of imidazole rings is 1. The Morgan fingerprint density at radius 1 is 0.848 bits per heavy atom. The number of nitrogens with zero attached hydrogens (tertiary/aromatic N) is 4. The number of benzene rings is 2. The van der Waals surface area contributed by atoms with Gasteiger partial charge in [-0.3, -0.25) is 28.8 Å². The second-order valence-electron chi connectivity index (χ2n) is 16.7. The Kier molecular flexibility index (Phi) is 20.0. The number of nitrogens with two attached hydrogens (primary N) is 2. The van der Waals surface area contributed by atoms with Crippen molar-refractivity contribution in [3.05, 3.63) is 95.7 Å². The highest BCUT2D eigenvalue weighted by Gasteiger charge is 2.29. The molecule has 2 aromatic heterocycles. The lowest BCUT2D eigenvalue weighted by atomic mass is 9.95. The molecule has 354 valence electrons. The molecule has 6 amide bonds. The van der Waals surface area contributed by atoms with E-state index < -0.39 is 48.0 Å². The third-order valence-corrected chi connectivity index (χ3v) is 12.0.